The normalized spacial score (nSPS) is 11.5. The standard InChI is InChI=1S/C21H22F3N5OS/c1-28(2)10-5-11-29(20-27-18(14-31-20)15-6-4-9-25-13-15)19(30)26-17-8-3-7-16(12-17)21(22,23)24/h3-4,6-9,12-14H,5,10-11H2,1-2H3,(H,26,30). The van der Waals surface area contributed by atoms with Gasteiger partial charge in [0.1, 0.15) is 0 Å². The van der Waals surface area contributed by atoms with Gasteiger partial charge in [-0.25, -0.2) is 9.78 Å². The predicted molar refractivity (Wildman–Crippen MR) is 116 cm³/mol. The molecule has 0 aliphatic rings. The second-order valence-corrected chi connectivity index (χ2v) is 7.91. The number of pyridine rings is 1. The van der Waals surface area contributed by atoms with Crippen LogP contribution in [0.25, 0.3) is 11.3 Å². The Bertz CT molecular complexity index is 1010. The van der Waals surface area contributed by atoms with Crippen molar-refractivity contribution in [1.29, 1.82) is 0 Å². The molecule has 0 fully saturated rings. The van der Waals surface area contributed by atoms with Crippen LogP contribution in [-0.4, -0.2) is 48.1 Å². The average Bonchev–Trinajstić information content (AvgIpc) is 3.21. The third-order valence-electron chi connectivity index (χ3n) is 4.35. The van der Waals surface area contributed by atoms with E-state index in [0.29, 0.717) is 23.8 Å². The Morgan fingerprint density at radius 2 is 1.97 bits per heavy atom. The van der Waals surface area contributed by atoms with Gasteiger partial charge in [-0.05, 0) is 57.4 Å². The Hall–Kier alpha value is -2.98. The Kier molecular flexibility index (Phi) is 7.24. The van der Waals surface area contributed by atoms with Crippen molar-refractivity contribution < 1.29 is 18.0 Å². The van der Waals surface area contributed by atoms with Crippen LogP contribution in [0.15, 0.2) is 54.2 Å². The van der Waals surface area contributed by atoms with Crippen LogP contribution in [0.3, 0.4) is 0 Å². The average molecular weight is 450 g/mol. The fraction of sp³-hybridized carbons (Fsp3) is 0.286. The van der Waals surface area contributed by atoms with Crippen molar-refractivity contribution in [3.63, 3.8) is 0 Å². The number of urea groups is 1. The highest BCUT2D eigenvalue weighted by molar-refractivity contribution is 7.14. The van der Waals surface area contributed by atoms with Crippen LogP contribution in [0, 0.1) is 0 Å². The predicted octanol–water partition coefficient (Wildman–Crippen LogP) is 5.21. The number of nitrogens with zero attached hydrogens (tertiary/aromatic N) is 4. The molecule has 0 unspecified atom stereocenters. The summed E-state index contributed by atoms with van der Waals surface area (Å²) in [5.41, 5.74) is 0.744. The van der Waals surface area contributed by atoms with E-state index in [1.165, 1.54) is 28.4 Å². The van der Waals surface area contributed by atoms with Gasteiger partial charge >= 0.3 is 12.2 Å². The molecule has 0 radical (unpaired) electrons. The molecule has 0 bridgehead atoms. The third kappa shape index (κ3) is 6.25. The lowest BCUT2D eigenvalue weighted by atomic mass is 10.2. The van der Waals surface area contributed by atoms with Crippen molar-refractivity contribution in [3.8, 4) is 11.3 Å². The molecule has 3 rings (SSSR count). The van der Waals surface area contributed by atoms with Gasteiger partial charge in [-0.3, -0.25) is 9.88 Å². The fourth-order valence-corrected chi connectivity index (χ4v) is 3.69. The number of alkyl halides is 3. The summed E-state index contributed by atoms with van der Waals surface area (Å²) >= 11 is 1.29. The van der Waals surface area contributed by atoms with Crippen LogP contribution in [0.2, 0.25) is 0 Å². The second-order valence-electron chi connectivity index (χ2n) is 7.07. The molecular formula is C21H22F3N5OS. The van der Waals surface area contributed by atoms with Crippen molar-refractivity contribution in [1.82, 2.24) is 14.9 Å². The lowest BCUT2D eigenvalue weighted by Gasteiger charge is -2.21. The van der Waals surface area contributed by atoms with Crippen LogP contribution in [0.4, 0.5) is 28.8 Å². The van der Waals surface area contributed by atoms with E-state index in [1.54, 1.807) is 18.5 Å². The van der Waals surface area contributed by atoms with Crippen LogP contribution < -0.4 is 10.2 Å². The molecule has 164 valence electrons. The van der Waals surface area contributed by atoms with Gasteiger partial charge in [-0.15, -0.1) is 11.3 Å². The number of nitrogens with one attached hydrogen (secondary N) is 1. The number of carbonyl (C=O) groups is 1. The molecule has 31 heavy (non-hydrogen) atoms. The first kappa shape index (κ1) is 22.7. The first-order valence-corrected chi connectivity index (χ1v) is 10.4. The smallest absolute Gasteiger partial charge is 0.309 e. The molecule has 1 aromatic carbocycles. The van der Waals surface area contributed by atoms with Gasteiger partial charge in [-0.2, -0.15) is 13.2 Å². The van der Waals surface area contributed by atoms with E-state index < -0.39 is 17.8 Å². The molecule has 1 N–H and O–H groups in total. The monoisotopic (exact) mass is 449 g/mol. The molecule has 0 atom stereocenters. The van der Waals surface area contributed by atoms with Crippen LogP contribution in [0.1, 0.15) is 12.0 Å². The van der Waals surface area contributed by atoms with Crippen molar-refractivity contribution in [2.45, 2.75) is 12.6 Å². The maximum atomic E-state index is 13.0. The zero-order valence-electron chi connectivity index (χ0n) is 17.1. The number of rotatable bonds is 7. The molecule has 0 spiro atoms. The summed E-state index contributed by atoms with van der Waals surface area (Å²) in [7, 11) is 3.86. The molecule has 10 heteroatoms. The first-order chi connectivity index (χ1) is 14.7. The summed E-state index contributed by atoms with van der Waals surface area (Å²) in [6.07, 6.45) is -0.477. The maximum Gasteiger partial charge on any atom is 0.416 e. The molecular weight excluding hydrogens is 427 g/mol. The lowest BCUT2D eigenvalue weighted by molar-refractivity contribution is -0.137. The number of carbonyl (C=O) groups excluding carboxylic acids is 1. The highest BCUT2D eigenvalue weighted by Gasteiger charge is 2.30. The van der Waals surface area contributed by atoms with Gasteiger partial charge in [0.25, 0.3) is 0 Å². The SMILES string of the molecule is CN(C)CCCN(C(=O)Nc1cccc(C(F)(F)F)c1)c1nc(-c2cccnc2)cs1. The number of amides is 2. The third-order valence-corrected chi connectivity index (χ3v) is 5.22. The molecule has 0 aliphatic heterocycles. The van der Waals surface area contributed by atoms with Crippen molar-refractivity contribution in [3.05, 3.63) is 59.7 Å². The molecule has 0 aliphatic carbocycles. The topological polar surface area (TPSA) is 61.4 Å². The van der Waals surface area contributed by atoms with Gasteiger partial charge in [0, 0.05) is 35.6 Å². The zero-order valence-corrected chi connectivity index (χ0v) is 17.9. The minimum Gasteiger partial charge on any atom is -0.309 e. The molecule has 3 aromatic rings. The minimum absolute atomic E-state index is 0.0708. The Morgan fingerprint density at radius 3 is 2.65 bits per heavy atom. The van der Waals surface area contributed by atoms with Crippen LogP contribution >= 0.6 is 11.3 Å². The van der Waals surface area contributed by atoms with E-state index in [1.807, 2.05) is 30.4 Å². The Labute approximate surface area is 182 Å². The van der Waals surface area contributed by atoms with E-state index in [0.717, 1.165) is 24.2 Å². The number of hydrogen-bond donors (Lipinski definition) is 1. The van der Waals surface area contributed by atoms with Crippen molar-refractivity contribution in [2.75, 3.05) is 37.4 Å². The highest BCUT2D eigenvalue weighted by Crippen LogP contribution is 2.31. The summed E-state index contributed by atoms with van der Waals surface area (Å²) in [5, 5.41) is 4.85. The summed E-state index contributed by atoms with van der Waals surface area (Å²) in [5.74, 6) is 0. The van der Waals surface area contributed by atoms with Gasteiger partial charge in [0.2, 0.25) is 0 Å². The zero-order chi connectivity index (χ0) is 22.4. The Balaban J connectivity index is 1.82. The number of hydrogen-bond acceptors (Lipinski definition) is 5. The number of aromatic nitrogens is 2. The van der Waals surface area contributed by atoms with Gasteiger partial charge in [0.15, 0.2) is 5.13 Å². The molecule has 0 saturated heterocycles. The van der Waals surface area contributed by atoms with E-state index >= 15 is 0 Å². The molecule has 6 nitrogen and oxygen atoms in total. The summed E-state index contributed by atoms with van der Waals surface area (Å²) in [6.45, 7) is 1.11. The molecule has 0 saturated carbocycles. The summed E-state index contributed by atoms with van der Waals surface area (Å²) in [6, 6.07) is 7.69. The number of benzene rings is 1. The van der Waals surface area contributed by atoms with E-state index in [2.05, 4.69) is 15.3 Å². The van der Waals surface area contributed by atoms with Crippen molar-refractivity contribution >= 4 is 28.2 Å². The fourth-order valence-electron chi connectivity index (χ4n) is 2.83. The highest BCUT2D eigenvalue weighted by atomic mass is 32.1. The number of halogens is 3. The second kappa shape index (κ2) is 9.88. The molecule has 2 aromatic heterocycles. The van der Waals surface area contributed by atoms with Crippen LogP contribution in [0.5, 0.6) is 0 Å². The largest absolute Gasteiger partial charge is 0.416 e. The van der Waals surface area contributed by atoms with E-state index in [4.69, 9.17) is 0 Å². The molecule has 2 amide bonds. The summed E-state index contributed by atoms with van der Waals surface area (Å²) < 4.78 is 39.0. The van der Waals surface area contributed by atoms with Crippen molar-refractivity contribution in [2.24, 2.45) is 0 Å². The van der Waals surface area contributed by atoms with Crippen LogP contribution in [-0.2, 0) is 6.18 Å². The van der Waals surface area contributed by atoms with Gasteiger partial charge in [0.05, 0.1) is 11.3 Å². The quantitative estimate of drug-likeness (QED) is 0.538. The Morgan fingerprint density at radius 1 is 1.16 bits per heavy atom. The number of anilines is 2. The maximum absolute atomic E-state index is 13.0. The minimum atomic E-state index is -4.49. The number of thiazole rings is 1. The molecule has 2 heterocycles. The van der Waals surface area contributed by atoms with Gasteiger partial charge < -0.3 is 10.2 Å². The van der Waals surface area contributed by atoms with E-state index in [9.17, 15) is 18.0 Å². The van der Waals surface area contributed by atoms with E-state index in [-0.39, 0.29) is 5.69 Å². The summed E-state index contributed by atoms with van der Waals surface area (Å²) in [4.78, 5) is 25.0. The lowest BCUT2D eigenvalue weighted by Crippen LogP contribution is -2.37. The van der Waals surface area contributed by atoms with Gasteiger partial charge in [-0.1, -0.05) is 6.07 Å². The first-order valence-electron chi connectivity index (χ1n) is 9.50.